The zero-order chi connectivity index (χ0) is 14.3. The van der Waals surface area contributed by atoms with Gasteiger partial charge in [-0.15, -0.1) is 0 Å². The summed E-state index contributed by atoms with van der Waals surface area (Å²) >= 11 is 5.87. The molecule has 0 aliphatic rings. The largest absolute Gasteiger partial charge is 0.464 e. The summed E-state index contributed by atoms with van der Waals surface area (Å²) in [6.07, 6.45) is 0.403. The summed E-state index contributed by atoms with van der Waals surface area (Å²) in [5.41, 5.74) is 0. The van der Waals surface area contributed by atoms with E-state index in [1.165, 1.54) is 0 Å². The lowest BCUT2D eigenvalue weighted by Crippen LogP contribution is -2.30. The first-order chi connectivity index (χ1) is 9.06. The van der Waals surface area contributed by atoms with Crippen molar-refractivity contribution in [2.45, 2.75) is 27.2 Å². The normalized spacial score (nSPS) is 10.3. The van der Waals surface area contributed by atoms with Crippen molar-refractivity contribution in [3.63, 3.8) is 0 Å². The lowest BCUT2D eigenvalue weighted by atomic mass is 10.2. The molecule has 104 valence electrons. The Morgan fingerprint density at radius 3 is 2.68 bits per heavy atom. The molecule has 0 atom stereocenters. The molecule has 1 heterocycles. The van der Waals surface area contributed by atoms with Gasteiger partial charge in [0.2, 0.25) is 11.2 Å². The average Bonchev–Trinajstić information content (AvgIpc) is 2.33. The van der Waals surface area contributed by atoms with E-state index in [1.54, 1.807) is 0 Å². The minimum absolute atomic E-state index is 0.0964. The van der Waals surface area contributed by atoms with Crippen LogP contribution < -0.4 is 9.64 Å². The minimum atomic E-state index is 0.0964. The predicted molar refractivity (Wildman–Crippen MR) is 73.3 cm³/mol. The molecule has 0 amide bonds. The van der Waals surface area contributed by atoms with Crippen LogP contribution in [0.2, 0.25) is 5.28 Å². The first kappa shape index (κ1) is 15.4. The van der Waals surface area contributed by atoms with Gasteiger partial charge in [0.25, 0.3) is 0 Å². The maximum atomic E-state index is 8.71. The van der Waals surface area contributed by atoms with Gasteiger partial charge in [0.05, 0.1) is 19.1 Å². The third-order valence-corrected chi connectivity index (χ3v) is 2.38. The summed E-state index contributed by atoms with van der Waals surface area (Å²) < 4.78 is 5.25. The van der Waals surface area contributed by atoms with Crippen molar-refractivity contribution in [1.29, 1.82) is 5.26 Å². The zero-order valence-electron chi connectivity index (χ0n) is 11.4. The van der Waals surface area contributed by atoms with Crippen LogP contribution >= 0.6 is 11.6 Å². The van der Waals surface area contributed by atoms with Gasteiger partial charge in [0.15, 0.2) is 0 Å². The maximum Gasteiger partial charge on any atom is 0.322 e. The van der Waals surface area contributed by atoms with Gasteiger partial charge in [-0.1, -0.05) is 13.8 Å². The molecule has 0 saturated carbocycles. The zero-order valence-corrected chi connectivity index (χ0v) is 12.2. The molecule has 0 aliphatic carbocycles. The number of hydrogen-bond donors (Lipinski definition) is 0. The van der Waals surface area contributed by atoms with Crippen molar-refractivity contribution >= 4 is 17.5 Å². The molecule has 0 radical (unpaired) electrons. The Kier molecular flexibility index (Phi) is 6.30. The third-order valence-electron chi connectivity index (χ3n) is 2.21. The molecule has 7 heteroatoms. The number of anilines is 1. The Bertz CT molecular complexity index is 446. The topological polar surface area (TPSA) is 74.9 Å². The molecule has 1 aromatic heterocycles. The fraction of sp³-hybridized carbons (Fsp3) is 0.667. The van der Waals surface area contributed by atoms with Crippen molar-refractivity contribution in [2.75, 3.05) is 24.6 Å². The summed E-state index contributed by atoms with van der Waals surface area (Å²) in [6, 6.07) is 2.33. The summed E-state index contributed by atoms with van der Waals surface area (Å²) in [4.78, 5) is 14.1. The van der Waals surface area contributed by atoms with E-state index in [0.717, 1.165) is 6.54 Å². The molecular formula is C12H18ClN5O. The summed E-state index contributed by atoms with van der Waals surface area (Å²) in [5.74, 6) is 0.872. The van der Waals surface area contributed by atoms with Crippen molar-refractivity contribution in [3.05, 3.63) is 5.28 Å². The van der Waals surface area contributed by atoms with Crippen LogP contribution in [0.3, 0.4) is 0 Å². The van der Waals surface area contributed by atoms with Crippen molar-refractivity contribution in [1.82, 2.24) is 15.0 Å². The van der Waals surface area contributed by atoms with E-state index in [4.69, 9.17) is 21.6 Å². The molecule has 0 saturated heterocycles. The lowest BCUT2D eigenvalue weighted by molar-refractivity contribution is 0.311. The first-order valence-corrected chi connectivity index (χ1v) is 6.60. The van der Waals surface area contributed by atoms with Crippen molar-refractivity contribution < 1.29 is 4.74 Å². The number of aromatic nitrogens is 3. The van der Waals surface area contributed by atoms with Gasteiger partial charge in [-0.05, 0) is 24.4 Å². The van der Waals surface area contributed by atoms with Gasteiger partial charge >= 0.3 is 6.01 Å². The van der Waals surface area contributed by atoms with Gasteiger partial charge in [0.1, 0.15) is 0 Å². The standard InChI is InChI=1S/C12H18ClN5O/c1-4-19-12-16-10(13)15-11(17-12)18(7-5-6-14)8-9(2)3/h9H,4-5,7-8H2,1-3H3. The molecule has 1 aromatic rings. The Labute approximate surface area is 118 Å². The highest BCUT2D eigenvalue weighted by atomic mass is 35.5. The summed E-state index contributed by atoms with van der Waals surface area (Å²) in [7, 11) is 0. The average molecular weight is 284 g/mol. The van der Waals surface area contributed by atoms with Crippen LogP contribution in [-0.2, 0) is 0 Å². The molecule has 0 bridgehead atoms. The van der Waals surface area contributed by atoms with Gasteiger partial charge in [-0.25, -0.2) is 0 Å². The Hall–Kier alpha value is -1.61. The van der Waals surface area contributed by atoms with Crippen LogP contribution in [0.5, 0.6) is 6.01 Å². The van der Waals surface area contributed by atoms with E-state index < -0.39 is 0 Å². The number of hydrogen-bond acceptors (Lipinski definition) is 6. The molecule has 0 unspecified atom stereocenters. The van der Waals surface area contributed by atoms with E-state index in [2.05, 4.69) is 34.9 Å². The number of ether oxygens (including phenoxy) is 1. The number of halogens is 1. The van der Waals surface area contributed by atoms with Gasteiger partial charge in [0, 0.05) is 13.1 Å². The number of rotatable bonds is 7. The lowest BCUT2D eigenvalue weighted by Gasteiger charge is -2.23. The summed E-state index contributed by atoms with van der Waals surface area (Å²) in [5, 5.41) is 8.81. The Balaban J connectivity index is 2.96. The maximum absolute atomic E-state index is 8.71. The highest BCUT2D eigenvalue weighted by molar-refractivity contribution is 6.28. The second kappa shape index (κ2) is 7.74. The van der Waals surface area contributed by atoms with Crippen LogP contribution in [0.15, 0.2) is 0 Å². The van der Waals surface area contributed by atoms with Crippen molar-refractivity contribution in [3.8, 4) is 12.1 Å². The second-order valence-corrected chi connectivity index (χ2v) is 4.71. The molecule has 19 heavy (non-hydrogen) atoms. The SMILES string of the molecule is CCOc1nc(Cl)nc(N(CCC#N)CC(C)C)n1. The van der Waals surface area contributed by atoms with Gasteiger partial charge in [-0.2, -0.15) is 20.2 Å². The Morgan fingerprint density at radius 2 is 2.11 bits per heavy atom. The van der Waals surface area contributed by atoms with E-state index in [9.17, 15) is 0 Å². The fourth-order valence-electron chi connectivity index (χ4n) is 1.56. The number of nitrogens with zero attached hydrogens (tertiary/aromatic N) is 5. The summed E-state index contributed by atoms with van der Waals surface area (Å²) in [6.45, 7) is 7.78. The molecule has 0 fully saturated rings. The fourth-order valence-corrected chi connectivity index (χ4v) is 1.70. The van der Waals surface area contributed by atoms with E-state index in [-0.39, 0.29) is 11.3 Å². The third kappa shape index (κ3) is 5.26. The quantitative estimate of drug-likeness (QED) is 0.764. The molecule has 0 N–H and O–H groups in total. The molecule has 1 rings (SSSR count). The van der Waals surface area contributed by atoms with E-state index in [1.807, 2.05) is 11.8 Å². The molecule has 6 nitrogen and oxygen atoms in total. The number of nitriles is 1. The van der Waals surface area contributed by atoms with Crippen LogP contribution in [0.4, 0.5) is 5.95 Å². The van der Waals surface area contributed by atoms with Crippen LogP contribution in [-0.4, -0.2) is 34.6 Å². The van der Waals surface area contributed by atoms with Gasteiger partial charge < -0.3 is 9.64 Å². The highest BCUT2D eigenvalue weighted by Gasteiger charge is 2.14. The van der Waals surface area contributed by atoms with Gasteiger partial charge in [-0.3, -0.25) is 0 Å². The van der Waals surface area contributed by atoms with Crippen LogP contribution in [0, 0.1) is 17.2 Å². The molecule has 0 spiro atoms. The van der Waals surface area contributed by atoms with Crippen molar-refractivity contribution in [2.24, 2.45) is 5.92 Å². The monoisotopic (exact) mass is 283 g/mol. The van der Waals surface area contributed by atoms with E-state index >= 15 is 0 Å². The smallest absolute Gasteiger partial charge is 0.322 e. The minimum Gasteiger partial charge on any atom is -0.464 e. The second-order valence-electron chi connectivity index (χ2n) is 4.37. The highest BCUT2D eigenvalue weighted by Crippen LogP contribution is 2.16. The Morgan fingerprint density at radius 1 is 1.37 bits per heavy atom. The predicted octanol–water partition coefficient (Wildman–Crippen LogP) is 2.30. The van der Waals surface area contributed by atoms with Crippen LogP contribution in [0.25, 0.3) is 0 Å². The van der Waals surface area contributed by atoms with Crippen LogP contribution in [0.1, 0.15) is 27.2 Å². The first-order valence-electron chi connectivity index (χ1n) is 6.23. The van der Waals surface area contributed by atoms with E-state index in [0.29, 0.717) is 31.4 Å². The molecular weight excluding hydrogens is 266 g/mol. The molecule has 0 aromatic carbocycles. The molecule has 0 aliphatic heterocycles.